The predicted octanol–water partition coefficient (Wildman–Crippen LogP) is 7.78. The van der Waals surface area contributed by atoms with Gasteiger partial charge in [0.1, 0.15) is 11.4 Å². The van der Waals surface area contributed by atoms with Crippen molar-refractivity contribution in [1.29, 1.82) is 0 Å². The Labute approximate surface area is 174 Å². The Morgan fingerprint density at radius 3 is 1.68 bits per heavy atom. The van der Waals surface area contributed by atoms with Gasteiger partial charge in [-0.15, -0.1) is 10.2 Å². The van der Waals surface area contributed by atoms with Crippen molar-refractivity contribution in [3.8, 4) is 0 Å². The van der Waals surface area contributed by atoms with E-state index in [0.29, 0.717) is 10.7 Å². The molecular weight excluding hydrogens is 384 g/mol. The summed E-state index contributed by atoms with van der Waals surface area (Å²) in [6.45, 7) is 0. The summed E-state index contributed by atoms with van der Waals surface area (Å²) < 4.78 is 0. The summed E-state index contributed by atoms with van der Waals surface area (Å²) >= 11 is 8.21. The maximum Gasteiger partial charge on any atom is 0.111 e. The van der Waals surface area contributed by atoms with Crippen molar-refractivity contribution < 1.29 is 0 Å². The van der Waals surface area contributed by atoms with E-state index in [0.717, 1.165) is 26.6 Å². The molecule has 0 saturated heterocycles. The van der Waals surface area contributed by atoms with E-state index in [9.17, 15) is 0 Å². The molecule has 0 N–H and O–H groups in total. The molecule has 0 spiro atoms. The second-order valence-electron chi connectivity index (χ2n) is 6.09. The normalized spacial score (nSPS) is 21.6. The van der Waals surface area contributed by atoms with Gasteiger partial charge in [-0.05, 0) is 24.3 Å². The van der Waals surface area contributed by atoms with Gasteiger partial charge in [-0.25, -0.2) is 0 Å². The smallest absolute Gasteiger partial charge is 0.111 e. The largest absolute Gasteiger partial charge is 0.149 e. The van der Waals surface area contributed by atoms with Crippen molar-refractivity contribution in [1.82, 2.24) is 0 Å². The minimum absolute atomic E-state index is 0.563. The molecular formula is C24H17ClN2S. The maximum atomic E-state index is 6.56. The van der Waals surface area contributed by atoms with E-state index in [4.69, 9.17) is 11.6 Å². The molecule has 4 rings (SSSR count). The van der Waals surface area contributed by atoms with Gasteiger partial charge in [0.15, 0.2) is 0 Å². The molecule has 0 bridgehead atoms. The third-order valence-corrected chi connectivity index (χ3v) is 5.52. The highest BCUT2D eigenvalue weighted by Crippen LogP contribution is 2.38. The first-order valence-corrected chi connectivity index (χ1v) is 10.1. The topological polar surface area (TPSA) is 24.7 Å². The lowest BCUT2D eigenvalue weighted by atomic mass is 10.1. The van der Waals surface area contributed by atoms with Crippen LogP contribution in [0.1, 0.15) is 11.1 Å². The zero-order valence-corrected chi connectivity index (χ0v) is 16.6. The monoisotopic (exact) mass is 400 g/mol. The van der Waals surface area contributed by atoms with Crippen molar-refractivity contribution in [2.24, 2.45) is 10.2 Å². The van der Waals surface area contributed by atoms with E-state index in [1.165, 1.54) is 0 Å². The molecule has 3 aromatic carbocycles. The van der Waals surface area contributed by atoms with Crippen LogP contribution in [0.15, 0.2) is 128 Å². The van der Waals surface area contributed by atoms with Crippen LogP contribution in [0.3, 0.4) is 0 Å². The van der Waals surface area contributed by atoms with E-state index in [-0.39, 0.29) is 0 Å². The second kappa shape index (κ2) is 8.87. The Morgan fingerprint density at radius 2 is 1.07 bits per heavy atom. The highest BCUT2D eigenvalue weighted by Gasteiger charge is 2.14. The molecule has 0 aromatic heterocycles. The Balaban J connectivity index is 1.80. The predicted molar refractivity (Wildman–Crippen MR) is 119 cm³/mol. The van der Waals surface area contributed by atoms with Gasteiger partial charge in [0.25, 0.3) is 0 Å². The molecule has 0 aliphatic carbocycles. The number of thioether (sulfide) groups is 1. The standard InChI is InChI=1S/C24H17ClN2S/c25-21-16-17-22(28-20-14-8-3-9-15-20)24(19-12-6-2-7-13-19)27-26-23(21)18-10-4-1-5-11-18/h1-17H/b17-16-,21-16?,22-17?,23-21+,24-22+,26-23?,27-24?,27-26-. The third-order valence-electron chi connectivity index (χ3n) is 4.16. The lowest BCUT2D eigenvalue weighted by Gasteiger charge is -2.12. The molecule has 0 fully saturated rings. The summed E-state index contributed by atoms with van der Waals surface area (Å²) in [6, 6.07) is 30.2. The third kappa shape index (κ3) is 4.33. The zero-order chi connectivity index (χ0) is 19.2. The maximum absolute atomic E-state index is 6.56. The molecule has 136 valence electrons. The van der Waals surface area contributed by atoms with Gasteiger partial charge in [0.2, 0.25) is 0 Å². The van der Waals surface area contributed by atoms with Gasteiger partial charge in [-0.3, -0.25) is 0 Å². The second-order valence-corrected chi connectivity index (χ2v) is 7.61. The fraction of sp³-hybridized carbons (Fsp3) is 0. The number of allylic oxidation sites excluding steroid dienone is 3. The van der Waals surface area contributed by atoms with Crippen molar-refractivity contribution >= 4 is 34.8 Å². The van der Waals surface area contributed by atoms with Crippen LogP contribution in [0, 0.1) is 0 Å². The van der Waals surface area contributed by atoms with Crippen LogP contribution in [-0.4, -0.2) is 0 Å². The van der Waals surface area contributed by atoms with E-state index in [2.05, 4.69) is 22.4 Å². The van der Waals surface area contributed by atoms with Gasteiger partial charge in [-0.2, -0.15) is 0 Å². The molecule has 3 aromatic rings. The van der Waals surface area contributed by atoms with E-state index in [1.807, 2.05) is 91.0 Å². The highest BCUT2D eigenvalue weighted by molar-refractivity contribution is 8.03. The Bertz CT molecular complexity index is 1070. The minimum atomic E-state index is 0.563. The van der Waals surface area contributed by atoms with Crippen molar-refractivity contribution in [3.63, 3.8) is 0 Å². The average molecular weight is 401 g/mol. The molecule has 1 aliphatic rings. The lowest BCUT2D eigenvalue weighted by Crippen LogP contribution is -1.90. The molecule has 0 atom stereocenters. The van der Waals surface area contributed by atoms with Gasteiger partial charge < -0.3 is 0 Å². The highest BCUT2D eigenvalue weighted by atomic mass is 35.5. The first-order valence-electron chi connectivity index (χ1n) is 8.89. The Morgan fingerprint density at radius 1 is 0.571 bits per heavy atom. The van der Waals surface area contributed by atoms with Gasteiger partial charge in [-0.1, -0.05) is 102 Å². The molecule has 0 radical (unpaired) electrons. The van der Waals surface area contributed by atoms with Crippen LogP contribution in [0.2, 0.25) is 0 Å². The minimum Gasteiger partial charge on any atom is -0.149 e. The molecule has 4 heteroatoms. The average Bonchev–Trinajstić information content (AvgIpc) is 2.75. The number of halogens is 1. The quantitative estimate of drug-likeness (QED) is 0.438. The van der Waals surface area contributed by atoms with Gasteiger partial charge in [0, 0.05) is 20.9 Å². The summed E-state index contributed by atoms with van der Waals surface area (Å²) in [5, 5.41) is 9.73. The number of azo groups is 1. The van der Waals surface area contributed by atoms with Crippen molar-refractivity contribution in [3.05, 3.63) is 124 Å². The molecule has 0 amide bonds. The molecule has 0 unspecified atom stereocenters. The van der Waals surface area contributed by atoms with Crippen LogP contribution in [0.4, 0.5) is 0 Å². The van der Waals surface area contributed by atoms with Crippen LogP contribution in [0.25, 0.3) is 11.4 Å². The lowest BCUT2D eigenvalue weighted by molar-refractivity contribution is 1.23. The van der Waals surface area contributed by atoms with E-state index >= 15 is 0 Å². The summed E-state index contributed by atoms with van der Waals surface area (Å²) in [6.07, 6.45) is 3.92. The van der Waals surface area contributed by atoms with Crippen molar-refractivity contribution in [2.75, 3.05) is 0 Å². The van der Waals surface area contributed by atoms with Crippen LogP contribution in [0.5, 0.6) is 0 Å². The summed E-state index contributed by atoms with van der Waals surface area (Å²) in [5.74, 6) is 0. The molecule has 1 heterocycles. The summed E-state index contributed by atoms with van der Waals surface area (Å²) in [7, 11) is 0. The van der Waals surface area contributed by atoms with Crippen LogP contribution >= 0.6 is 23.4 Å². The number of hydrogen-bond acceptors (Lipinski definition) is 3. The van der Waals surface area contributed by atoms with Gasteiger partial charge in [0.05, 0.1) is 5.03 Å². The Hall–Kier alpha value is -2.88. The number of rotatable bonds is 4. The number of nitrogens with zero attached hydrogens (tertiary/aromatic N) is 2. The van der Waals surface area contributed by atoms with E-state index in [1.54, 1.807) is 11.8 Å². The summed E-state index contributed by atoms with van der Waals surface area (Å²) in [5.41, 5.74) is 3.44. The van der Waals surface area contributed by atoms with Gasteiger partial charge >= 0.3 is 0 Å². The summed E-state index contributed by atoms with van der Waals surface area (Å²) in [4.78, 5) is 2.13. The number of hydrogen-bond donors (Lipinski definition) is 0. The molecule has 2 nitrogen and oxygen atoms in total. The first kappa shape index (κ1) is 18.5. The molecule has 1 aliphatic heterocycles. The number of benzene rings is 3. The first-order chi connectivity index (χ1) is 13.8. The van der Waals surface area contributed by atoms with Crippen LogP contribution in [-0.2, 0) is 0 Å². The SMILES string of the molecule is ClC1=C(c2ccccc2)/N=N\C(c2ccccc2)=C(Sc2ccccc2)/C=C\1. The fourth-order valence-corrected chi connectivity index (χ4v) is 3.94. The zero-order valence-electron chi connectivity index (χ0n) is 15.0. The van der Waals surface area contributed by atoms with E-state index < -0.39 is 0 Å². The fourth-order valence-electron chi connectivity index (χ4n) is 2.79. The molecule has 28 heavy (non-hydrogen) atoms. The van der Waals surface area contributed by atoms with Crippen LogP contribution < -0.4 is 0 Å². The Kier molecular flexibility index (Phi) is 5.86. The molecule has 0 saturated carbocycles. The van der Waals surface area contributed by atoms with Crippen molar-refractivity contribution in [2.45, 2.75) is 4.90 Å².